The van der Waals surface area contributed by atoms with Crippen LogP contribution in [0, 0.1) is 0 Å². The van der Waals surface area contributed by atoms with Gasteiger partial charge in [0.1, 0.15) is 5.58 Å². The molecule has 4 nitrogen and oxygen atoms in total. The van der Waals surface area contributed by atoms with Crippen LogP contribution in [0.4, 0.5) is 5.69 Å². The minimum absolute atomic E-state index is 0.140. The number of carbonyl (C=O) groups is 1. The standard InChI is InChI=1S/C17H24N2O2/c1-3-5-7-14(6-4-2)19-17(20)16-11-12-10-13(18)8-9-15(12)21-16/h8-11,14H,3-7,18H2,1-2H3,(H,19,20). The van der Waals surface area contributed by atoms with E-state index in [0.29, 0.717) is 17.0 Å². The summed E-state index contributed by atoms with van der Waals surface area (Å²) < 4.78 is 5.60. The maximum absolute atomic E-state index is 12.3. The molecule has 0 bridgehead atoms. The molecule has 1 aromatic heterocycles. The molecule has 114 valence electrons. The number of amides is 1. The van der Waals surface area contributed by atoms with E-state index in [2.05, 4.69) is 19.2 Å². The second-order valence-corrected chi connectivity index (χ2v) is 5.51. The van der Waals surface area contributed by atoms with E-state index in [0.717, 1.165) is 37.5 Å². The van der Waals surface area contributed by atoms with Crippen molar-refractivity contribution >= 4 is 22.6 Å². The summed E-state index contributed by atoms with van der Waals surface area (Å²) in [6.45, 7) is 4.30. The number of hydrogen-bond donors (Lipinski definition) is 2. The number of benzene rings is 1. The molecule has 0 saturated heterocycles. The number of furan rings is 1. The maximum Gasteiger partial charge on any atom is 0.287 e. The van der Waals surface area contributed by atoms with E-state index in [4.69, 9.17) is 10.2 Å². The fourth-order valence-corrected chi connectivity index (χ4v) is 2.52. The van der Waals surface area contributed by atoms with Gasteiger partial charge < -0.3 is 15.5 Å². The average Bonchev–Trinajstić information content (AvgIpc) is 2.88. The summed E-state index contributed by atoms with van der Waals surface area (Å²) in [5, 5.41) is 3.94. The van der Waals surface area contributed by atoms with Crippen LogP contribution in [0.2, 0.25) is 0 Å². The molecular formula is C17H24N2O2. The van der Waals surface area contributed by atoms with Crippen LogP contribution in [0.3, 0.4) is 0 Å². The van der Waals surface area contributed by atoms with Crippen molar-refractivity contribution < 1.29 is 9.21 Å². The van der Waals surface area contributed by atoms with Gasteiger partial charge in [0, 0.05) is 17.1 Å². The normalized spacial score (nSPS) is 12.5. The Hall–Kier alpha value is -1.97. The lowest BCUT2D eigenvalue weighted by Crippen LogP contribution is -2.34. The predicted octanol–water partition coefficient (Wildman–Crippen LogP) is 4.10. The summed E-state index contributed by atoms with van der Waals surface area (Å²) in [6, 6.07) is 7.36. The first-order valence-corrected chi connectivity index (χ1v) is 7.74. The van der Waals surface area contributed by atoms with Gasteiger partial charge in [-0.2, -0.15) is 0 Å². The summed E-state index contributed by atoms with van der Waals surface area (Å²) in [6.07, 6.45) is 5.34. The Morgan fingerprint density at radius 3 is 2.76 bits per heavy atom. The topological polar surface area (TPSA) is 68.3 Å². The molecule has 0 spiro atoms. The van der Waals surface area contributed by atoms with Crippen molar-refractivity contribution in [3.8, 4) is 0 Å². The fraction of sp³-hybridized carbons (Fsp3) is 0.471. The zero-order valence-electron chi connectivity index (χ0n) is 12.8. The van der Waals surface area contributed by atoms with Crippen molar-refractivity contribution in [2.75, 3.05) is 5.73 Å². The van der Waals surface area contributed by atoms with Gasteiger partial charge in [0.05, 0.1) is 0 Å². The Kier molecular flexibility index (Phi) is 5.26. The summed E-state index contributed by atoms with van der Waals surface area (Å²) in [5.74, 6) is 0.215. The van der Waals surface area contributed by atoms with Crippen LogP contribution in [-0.4, -0.2) is 11.9 Å². The molecule has 0 aliphatic carbocycles. The molecule has 0 aliphatic heterocycles. The van der Waals surface area contributed by atoms with Crippen LogP contribution in [-0.2, 0) is 0 Å². The zero-order chi connectivity index (χ0) is 15.2. The molecule has 1 unspecified atom stereocenters. The molecule has 3 N–H and O–H groups in total. The summed E-state index contributed by atoms with van der Waals surface area (Å²) >= 11 is 0. The molecule has 0 fully saturated rings. The number of nitrogen functional groups attached to an aromatic ring is 1. The van der Waals surface area contributed by atoms with Gasteiger partial charge in [-0.3, -0.25) is 4.79 Å². The first-order valence-electron chi connectivity index (χ1n) is 7.74. The number of unbranched alkanes of at least 4 members (excludes halogenated alkanes) is 1. The van der Waals surface area contributed by atoms with Crippen LogP contribution < -0.4 is 11.1 Å². The van der Waals surface area contributed by atoms with E-state index < -0.39 is 0 Å². The van der Waals surface area contributed by atoms with E-state index in [1.54, 1.807) is 18.2 Å². The second kappa shape index (κ2) is 7.16. The number of nitrogens with two attached hydrogens (primary N) is 1. The van der Waals surface area contributed by atoms with Crippen LogP contribution >= 0.6 is 0 Å². The largest absolute Gasteiger partial charge is 0.451 e. The number of anilines is 1. The van der Waals surface area contributed by atoms with E-state index in [9.17, 15) is 4.79 Å². The van der Waals surface area contributed by atoms with E-state index >= 15 is 0 Å². The van der Waals surface area contributed by atoms with Gasteiger partial charge in [-0.15, -0.1) is 0 Å². The third-order valence-electron chi connectivity index (χ3n) is 3.64. The van der Waals surface area contributed by atoms with Crippen LogP contribution in [0.25, 0.3) is 11.0 Å². The van der Waals surface area contributed by atoms with Crippen LogP contribution in [0.15, 0.2) is 28.7 Å². The highest BCUT2D eigenvalue weighted by atomic mass is 16.3. The van der Waals surface area contributed by atoms with Crippen LogP contribution in [0.1, 0.15) is 56.5 Å². The summed E-state index contributed by atoms with van der Waals surface area (Å²) in [7, 11) is 0. The Bertz CT molecular complexity index is 604. The molecule has 0 radical (unpaired) electrons. The van der Waals surface area contributed by atoms with Gasteiger partial charge in [0.25, 0.3) is 5.91 Å². The lowest BCUT2D eigenvalue weighted by atomic mass is 10.1. The predicted molar refractivity (Wildman–Crippen MR) is 86.3 cm³/mol. The molecule has 21 heavy (non-hydrogen) atoms. The number of fused-ring (bicyclic) bond motifs is 1. The van der Waals surface area contributed by atoms with Gasteiger partial charge in [-0.25, -0.2) is 0 Å². The van der Waals surface area contributed by atoms with Gasteiger partial charge in [-0.05, 0) is 37.1 Å². The zero-order valence-corrected chi connectivity index (χ0v) is 12.8. The summed E-state index contributed by atoms with van der Waals surface area (Å²) in [5.41, 5.74) is 7.10. The maximum atomic E-state index is 12.3. The van der Waals surface area contributed by atoms with Crippen molar-refractivity contribution in [2.45, 2.75) is 52.0 Å². The minimum atomic E-state index is -0.140. The number of nitrogens with one attached hydrogen (secondary N) is 1. The number of carbonyl (C=O) groups excluding carboxylic acids is 1. The third kappa shape index (κ3) is 4.00. The molecule has 4 heteroatoms. The van der Waals surface area contributed by atoms with Gasteiger partial charge in [0.2, 0.25) is 0 Å². The Morgan fingerprint density at radius 2 is 2.05 bits per heavy atom. The quantitative estimate of drug-likeness (QED) is 0.753. The van der Waals surface area contributed by atoms with E-state index in [-0.39, 0.29) is 11.9 Å². The smallest absolute Gasteiger partial charge is 0.287 e. The first-order chi connectivity index (χ1) is 10.1. The molecule has 1 aromatic carbocycles. The van der Waals surface area contributed by atoms with Gasteiger partial charge >= 0.3 is 0 Å². The third-order valence-corrected chi connectivity index (χ3v) is 3.64. The Balaban J connectivity index is 2.09. The SMILES string of the molecule is CCCCC(CCC)NC(=O)c1cc2cc(N)ccc2o1. The molecule has 2 aromatic rings. The van der Waals surface area contributed by atoms with E-state index in [1.807, 2.05) is 6.07 Å². The molecule has 1 heterocycles. The van der Waals surface area contributed by atoms with E-state index in [1.165, 1.54) is 0 Å². The molecule has 0 saturated carbocycles. The highest BCUT2D eigenvalue weighted by molar-refractivity contribution is 5.96. The van der Waals surface area contributed by atoms with Crippen molar-refractivity contribution in [1.29, 1.82) is 0 Å². The van der Waals surface area contributed by atoms with Gasteiger partial charge in [-0.1, -0.05) is 33.1 Å². The summed E-state index contributed by atoms with van der Waals surface area (Å²) in [4.78, 5) is 12.3. The first kappa shape index (κ1) is 15.4. The van der Waals surface area contributed by atoms with Crippen molar-refractivity contribution in [3.05, 3.63) is 30.0 Å². The average molecular weight is 288 g/mol. The Morgan fingerprint density at radius 1 is 1.24 bits per heavy atom. The van der Waals surface area contributed by atoms with Crippen molar-refractivity contribution in [3.63, 3.8) is 0 Å². The monoisotopic (exact) mass is 288 g/mol. The van der Waals surface area contributed by atoms with Gasteiger partial charge in [0.15, 0.2) is 5.76 Å². The lowest BCUT2D eigenvalue weighted by Gasteiger charge is -2.16. The van der Waals surface area contributed by atoms with Crippen LogP contribution in [0.5, 0.6) is 0 Å². The Labute approximate surface area is 125 Å². The minimum Gasteiger partial charge on any atom is -0.451 e. The molecule has 2 rings (SSSR count). The number of rotatable bonds is 7. The molecule has 1 atom stereocenters. The highest BCUT2D eigenvalue weighted by Gasteiger charge is 2.16. The fourth-order valence-electron chi connectivity index (χ4n) is 2.52. The molecule has 1 amide bonds. The van der Waals surface area contributed by atoms with Crippen molar-refractivity contribution in [1.82, 2.24) is 5.32 Å². The second-order valence-electron chi connectivity index (χ2n) is 5.51. The molecular weight excluding hydrogens is 264 g/mol. The molecule has 0 aliphatic rings. The highest BCUT2D eigenvalue weighted by Crippen LogP contribution is 2.22. The van der Waals surface area contributed by atoms with Crippen molar-refractivity contribution in [2.24, 2.45) is 0 Å². The lowest BCUT2D eigenvalue weighted by molar-refractivity contribution is 0.0906. The number of hydrogen-bond acceptors (Lipinski definition) is 3.